The molecule has 8 heteroatoms. The first kappa shape index (κ1) is 18.0. The highest BCUT2D eigenvalue weighted by atomic mass is 16.6. The van der Waals surface area contributed by atoms with Crippen LogP contribution in [0.3, 0.4) is 0 Å². The van der Waals surface area contributed by atoms with Gasteiger partial charge in [0.1, 0.15) is 17.3 Å². The number of pyridine rings is 1. The topological polar surface area (TPSA) is 118 Å². The fraction of sp³-hybridized carbons (Fsp3) is 0.562. The van der Waals surface area contributed by atoms with Crippen LogP contribution < -0.4 is 10.1 Å². The molecule has 3 N–H and O–H groups in total. The number of carbonyl (C=O) groups is 2. The average molecular weight is 338 g/mol. The van der Waals surface area contributed by atoms with Crippen LogP contribution >= 0.6 is 0 Å². The molecular weight excluding hydrogens is 316 g/mol. The van der Waals surface area contributed by atoms with E-state index < -0.39 is 35.4 Å². The molecule has 1 aromatic rings. The average Bonchev–Trinajstić information content (AvgIpc) is 2.41. The number of amides is 1. The number of nitrogens with one attached hydrogen (secondary N) is 1. The molecule has 0 aliphatic carbocycles. The van der Waals surface area contributed by atoms with E-state index in [1.807, 2.05) is 0 Å². The van der Waals surface area contributed by atoms with E-state index in [2.05, 4.69) is 10.3 Å². The van der Waals surface area contributed by atoms with Crippen LogP contribution in [0, 0.1) is 0 Å². The number of aliphatic hydroxyl groups excluding tert-OH is 1. The number of aromatic nitrogens is 1. The molecule has 0 bridgehead atoms. The predicted octanol–water partition coefficient (Wildman–Crippen LogP) is 1.88. The number of nitrogens with zero attached hydrogens (tertiary/aromatic N) is 1. The van der Waals surface area contributed by atoms with Crippen molar-refractivity contribution in [3.05, 3.63) is 23.4 Å². The molecule has 0 saturated heterocycles. The van der Waals surface area contributed by atoms with E-state index >= 15 is 0 Å². The van der Waals surface area contributed by atoms with E-state index in [9.17, 15) is 14.7 Å². The van der Waals surface area contributed by atoms with Gasteiger partial charge in [0.2, 0.25) is 5.88 Å². The summed E-state index contributed by atoms with van der Waals surface area (Å²) in [7, 11) is 0. The Hall–Kier alpha value is -2.35. The largest absolute Gasteiger partial charge is 0.478 e. The Balaban J connectivity index is 2.39. The zero-order chi connectivity index (χ0) is 18.3. The maximum atomic E-state index is 12.1. The Morgan fingerprint density at radius 2 is 2.00 bits per heavy atom. The summed E-state index contributed by atoms with van der Waals surface area (Å²) in [5.74, 6) is -1.00. The number of hydrogen-bond donors (Lipinski definition) is 3. The SMILES string of the molecule is CC(C)(C)OC(=O)N[C@@H]1c2cc(C(=O)O)cnc2OC(C)(C)[C@H]1O. The molecule has 1 aliphatic heterocycles. The number of rotatable bonds is 2. The van der Waals surface area contributed by atoms with E-state index in [4.69, 9.17) is 14.6 Å². The van der Waals surface area contributed by atoms with Crippen molar-refractivity contribution in [1.82, 2.24) is 10.3 Å². The normalized spacial score (nSPS) is 22.1. The van der Waals surface area contributed by atoms with Gasteiger partial charge >= 0.3 is 12.1 Å². The molecule has 2 rings (SSSR count). The second-order valence-electron chi connectivity index (χ2n) is 7.20. The Bertz CT molecular complexity index is 665. The molecule has 0 unspecified atom stereocenters. The van der Waals surface area contributed by atoms with E-state index in [1.165, 1.54) is 12.3 Å². The van der Waals surface area contributed by atoms with Crippen molar-refractivity contribution in [3.63, 3.8) is 0 Å². The maximum absolute atomic E-state index is 12.1. The van der Waals surface area contributed by atoms with Gasteiger partial charge in [-0.15, -0.1) is 0 Å². The summed E-state index contributed by atoms with van der Waals surface area (Å²) in [5.41, 5.74) is -1.52. The van der Waals surface area contributed by atoms with Gasteiger partial charge in [0.25, 0.3) is 0 Å². The van der Waals surface area contributed by atoms with Crippen LogP contribution in [0.1, 0.15) is 56.6 Å². The standard InChI is InChI=1S/C16H22N2O6/c1-15(2,3)24-14(22)18-10-9-6-8(13(20)21)7-17-12(9)23-16(4,5)11(10)19/h6-7,10-11,19H,1-5H3,(H,18,22)(H,20,21)/t10-,11+/m1/s1. The van der Waals surface area contributed by atoms with Crippen molar-refractivity contribution < 1.29 is 29.3 Å². The molecule has 1 amide bonds. The number of carboxylic acid groups (broad SMARTS) is 1. The van der Waals surface area contributed by atoms with Crippen LogP contribution in [-0.2, 0) is 4.74 Å². The highest BCUT2D eigenvalue weighted by molar-refractivity contribution is 5.87. The molecule has 0 saturated carbocycles. The number of aliphatic hydroxyl groups is 1. The summed E-state index contributed by atoms with van der Waals surface area (Å²) in [5, 5.41) is 22.2. The summed E-state index contributed by atoms with van der Waals surface area (Å²) in [6.07, 6.45) is -0.682. The van der Waals surface area contributed by atoms with Crippen molar-refractivity contribution in [3.8, 4) is 5.88 Å². The van der Waals surface area contributed by atoms with Crippen LogP contribution in [0.4, 0.5) is 4.79 Å². The van der Waals surface area contributed by atoms with Crippen molar-refractivity contribution in [2.45, 2.75) is 58.0 Å². The first-order chi connectivity index (χ1) is 10.9. The van der Waals surface area contributed by atoms with Crippen molar-refractivity contribution >= 4 is 12.1 Å². The fourth-order valence-electron chi connectivity index (χ4n) is 2.37. The molecule has 132 valence electrons. The molecule has 0 spiro atoms. The summed E-state index contributed by atoms with van der Waals surface area (Å²) in [6.45, 7) is 8.45. The van der Waals surface area contributed by atoms with Crippen molar-refractivity contribution in [1.29, 1.82) is 0 Å². The highest BCUT2D eigenvalue weighted by Gasteiger charge is 2.45. The third-order valence-electron chi connectivity index (χ3n) is 3.52. The second kappa shape index (κ2) is 5.94. The molecule has 0 aromatic carbocycles. The van der Waals surface area contributed by atoms with Crippen LogP contribution in [0.2, 0.25) is 0 Å². The van der Waals surface area contributed by atoms with Gasteiger partial charge < -0.3 is 25.0 Å². The molecule has 0 fully saturated rings. The van der Waals surface area contributed by atoms with Gasteiger partial charge in [0, 0.05) is 11.8 Å². The van der Waals surface area contributed by atoms with E-state index in [-0.39, 0.29) is 17.0 Å². The van der Waals surface area contributed by atoms with E-state index in [1.54, 1.807) is 34.6 Å². The highest BCUT2D eigenvalue weighted by Crippen LogP contribution is 2.39. The second-order valence-corrected chi connectivity index (χ2v) is 7.20. The van der Waals surface area contributed by atoms with Crippen molar-refractivity contribution in [2.24, 2.45) is 0 Å². The molecule has 1 aromatic heterocycles. The molecule has 2 atom stereocenters. The molecular formula is C16H22N2O6. The zero-order valence-electron chi connectivity index (χ0n) is 14.3. The maximum Gasteiger partial charge on any atom is 0.408 e. The molecule has 24 heavy (non-hydrogen) atoms. The third kappa shape index (κ3) is 3.76. The smallest absolute Gasteiger partial charge is 0.408 e. The van der Waals surface area contributed by atoms with Gasteiger partial charge in [-0.25, -0.2) is 14.6 Å². The van der Waals surface area contributed by atoms with Gasteiger partial charge in [-0.05, 0) is 40.7 Å². The molecule has 0 radical (unpaired) electrons. The first-order valence-electron chi connectivity index (χ1n) is 7.50. The number of carbonyl (C=O) groups excluding carboxylic acids is 1. The lowest BCUT2D eigenvalue weighted by molar-refractivity contribution is -0.0681. The monoisotopic (exact) mass is 338 g/mol. The Kier molecular flexibility index (Phi) is 4.45. The summed E-state index contributed by atoms with van der Waals surface area (Å²) in [6, 6.07) is 0.413. The number of carboxylic acids is 1. The Morgan fingerprint density at radius 1 is 1.38 bits per heavy atom. The lowest BCUT2D eigenvalue weighted by atomic mass is 9.87. The number of hydrogen-bond acceptors (Lipinski definition) is 6. The minimum absolute atomic E-state index is 0.0692. The van der Waals surface area contributed by atoms with E-state index in [0.29, 0.717) is 0 Å². The summed E-state index contributed by atoms with van der Waals surface area (Å²) in [4.78, 5) is 27.2. The van der Waals surface area contributed by atoms with Gasteiger partial charge in [0.15, 0.2) is 0 Å². The number of aromatic carboxylic acids is 1. The lowest BCUT2D eigenvalue weighted by Gasteiger charge is -2.41. The first-order valence-corrected chi connectivity index (χ1v) is 7.50. The van der Waals surface area contributed by atoms with Crippen LogP contribution in [-0.4, -0.2) is 44.6 Å². The fourth-order valence-corrected chi connectivity index (χ4v) is 2.37. The Morgan fingerprint density at radius 3 is 2.54 bits per heavy atom. The Labute approximate surface area is 139 Å². The van der Waals surface area contributed by atoms with Gasteiger partial charge in [-0.1, -0.05) is 0 Å². The lowest BCUT2D eigenvalue weighted by Crippen LogP contribution is -2.54. The summed E-state index contributed by atoms with van der Waals surface area (Å²) < 4.78 is 10.8. The quantitative estimate of drug-likeness (QED) is 0.753. The zero-order valence-corrected chi connectivity index (χ0v) is 14.3. The minimum atomic E-state index is -1.17. The third-order valence-corrected chi connectivity index (χ3v) is 3.52. The molecule has 1 aliphatic rings. The number of ether oxygens (including phenoxy) is 2. The van der Waals surface area contributed by atoms with Crippen molar-refractivity contribution in [2.75, 3.05) is 0 Å². The van der Waals surface area contributed by atoms with Gasteiger partial charge in [-0.3, -0.25) is 0 Å². The van der Waals surface area contributed by atoms with Crippen LogP contribution in [0.5, 0.6) is 5.88 Å². The summed E-state index contributed by atoms with van der Waals surface area (Å²) >= 11 is 0. The number of alkyl carbamates (subject to hydrolysis) is 1. The van der Waals surface area contributed by atoms with Crippen LogP contribution in [0.15, 0.2) is 12.3 Å². The van der Waals surface area contributed by atoms with Gasteiger partial charge in [-0.2, -0.15) is 0 Å². The predicted molar refractivity (Wildman–Crippen MR) is 84.0 cm³/mol. The number of fused-ring (bicyclic) bond motifs is 1. The van der Waals surface area contributed by atoms with Crippen LogP contribution in [0.25, 0.3) is 0 Å². The molecule has 2 heterocycles. The van der Waals surface area contributed by atoms with E-state index in [0.717, 1.165) is 0 Å². The minimum Gasteiger partial charge on any atom is -0.478 e. The molecule has 8 nitrogen and oxygen atoms in total. The van der Waals surface area contributed by atoms with Gasteiger partial charge in [0.05, 0.1) is 11.6 Å².